The van der Waals surface area contributed by atoms with E-state index in [2.05, 4.69) is 20.2 Å². The van der Waals surface area contributed by atoms with Gasteiger partial charge in [-0.2, -0.15) is 0 Å². The first-order chi connectivity index (χ1) is 15.6. The fourth-order valence-electron chi connectivity index (χ4n) is 4.34. The van der Waals surface area contributed by atoms with Crippen molar-refractivity contribution in [3.63, 3.8) is 0 Å². The van der Waals surface area contributed by atoms with Crippen molar-refractivity contribution in [1.82, 2.24) is 20.2 Å². The fourth-order valence-corrected chi connectivity index (χ4v) is 4.34. The van der Waals surface area contributed by atoms with Crippen LogP contribution < -0.4 is 5.32 Å². The molecule has 0 aliphatic carbocycles. The third-order valence-corrected chi connectivity index (χ3v) is 5.91. The first kappa shape index (κ1) is 22.7. The average Bonchev–Trinajstić information content (AvgIpc) is 2.79. The molecule has 1 aromatic carbocycles. The number of hydrogen-bond acceptors (Lipinski definition) is 7. The van der Waals surface area contributed by atoms with Crippen LogP contribution in [0.4, 0.5) is 4.39 Å². The molecule has 8 nitrogen and oxygen atoms in total. The number of nitrogens with one attached hydrogen (secondary N) is 1. The number of halogens is 1. The third kappa shape index (κ3) is 6.29. The zero-order valence-electron chi connectivity index (χ0n) is 17.9. The van der Waals surface area contributed by atoms with Crippen molar-refractivity contribution < 1.29 is 23.8 Å². The molecule has 172 valence electrons. The summed E-state index contributed by atoms with van der Waals surface area (Å²) in [4.78, 5) is 22.6. The van der Waals surface area contributed by atoms with Gasteiger partial charge in [-0.15, -0.1) is 0 Å². The van der Waals surface area contributed by atoms with E-state index in [4.69, 9.17) is 9.47 Å². The SMILES string of the molecule is O=C(C[C@H]1CC[C@@H]2[C@H](COC[C@@H](O)CN2Cc2ccc(F)cc2)O1)NCc1ccncn1. The number of fused-ring (bicyclic) bond motifs is 1. The van der Waals surface area contributed by atoms with Crippen LogP contribution in [0.1, 0.15) is 30.5 Å². The van der Waals surface area contributed by atoms with E-state index in [0.29, 0.717) is 26.2 Å². The van der Waals surface area contributed by atoms with E-state index >= 15 is 0 Å². The van der Waals surface area contributed by atoms with E-state index in [1.165, 1.54) is 18.5 Å². The second kappa shape index (κ2) is 10.9. The highest BCUT2D eigenvalue weighted by atomic mass is 19.1. The lowest BCUT2D eigenvalue weighted by molar-refractivity contribution is -0.158. The molecule has 0 unspecified atom stereocenters. The van der Waals surface area contributed by atoms with Gasteiger partial charge in [0.1, 0.15) is 12.1 Å². The summed E-state index contributed by atoms with van der Waals surface area (Å²) in [6.45, 7) is 1.99. The summed E-state index contributed by atoms with van der Waals surface area (Å²) in [5.74, 6) is -0.355. The van der Waals surface area contributed by atoms with Gasteiger partial charge in [0.25, 0.3) is 0 Å². The number of benzene rings is 1. The number of rotatable bonds is 6. The van der Waals surface area contributed by atoms with Crippen LogP contribution in [-0.2, 0) is 27.4 Å². The van der Waals surface area contributed by atoms with Gasteiger partial charge in [-0.25, -0.2) is 14.4 Å². The van der Waals surface area contributed by atoms with Crippen LogP contribution in [-0.4, -0.2) is 70.0 Å². The van der Waals surface area contributed by atoms with Gasteiger partial charge in [-0.3, -0.25) is 9.69 Å². The molecule has 1 aromatic heterocycles. The Labute approximate surface area is 186 Å². The van der Waals surface area contributed by atoms with Crippen molar-refractivity contribution >= 4 is 5.91 Å². The molecular weight excluding hydrogens is 415 g/mol. The Morgan fingerprint density at radius 1 is 1.22 bits per heavy atom. The number of aromatic nitrogens is 2. The maximum Gasteiger partial charge on any atom is 0.222 e. The van der Waals surface area contributed by atoms with Crippen molar-refractivity contribution in [3.05, 3.63) is 59.9 Å². The van der Waals surface area contributed by atoms with E-state index in [-0.39, 0.29) is 43.0 Å². The lowest BCUT2D eigenvalue weighted by Gasteiger charge is -2.44. The van der Waals surface area contributed by atoms with Crippen molar-refractivity contribution in [2.24, 2.45) is 0 Å². The van der Waals surface area contributed by atoms with Crippen LogP contribution in [0.2, 0.25) is 0 Å². The van der Waals surface area contributed by atoms with Gasteiger partial charge < -0.3 is 19.9 Å². The zero-order chi connectivity index (χ0) is 22.3. The second-order valence-corrected chi connectivity index (χ2v) is 8.37. The van der Waals surface area contributed by atoms with Crippen LogP contribution >= 0.6 is 0 Å². The Bertz CT molecular complexity index is 870. The topological polar surface area (TPSA) is 96.8 Å². The first-order valence-electron chi connectivity index (χ1n) is 11.0. The van der Waals surface area contributed by atoms with E-state index in [9.17, 15) is 14.3 Å². The van der Waals surface area contributed by atoms with Crippen LogP contribution in [0.3, 0.4) is 0 Å². The summed E-state index contributed by atoms with van der Waals surface area (Å²) in [7, 11) is 0. The molecule has 0 saturated carbocycles. The molecule has 2 aliphatic heterocycles. The third-order valence-electron chi connectivity index (χ3n) is 5.91. The summed E-state index contributed by atoms with van der Waals surface area (Å²) < 4.78 is 25.2. The number of amides is 1. The van der Waals surface area contributed by atoms with E-state index in [1.54, 1.807) is 24.4 Å². The van der Waals surface area contributed by atoms with Gasteiger partial charge in [0.05, 0.1) is 50.2 Å². The van der Waals surface area contributed by atoms with Crippen LogP contribution in [0.25, 0.3) is 0 Å². The van der Waals surface area contributed by atoms with E-state index in [0.717, 1.165) is 24.1 Å². The zero-order valence-corrected chi connectivity index (χ0v) is 17.9. The largest absolute Gasteiger partial charge is 0.389 e. The molecule has 1 amide bonds. The van der Waals surface area contributed by atoms with E-state index in [1.807, 2.05) is 0 Å². The summed E-state index contributed by atoms with van der Waals surface area (Å²) in [5, 5.41) is 13.2. The molecule has 3 heterocycles. The quantitative estimate of drug-likeness (QED) is 0.696. The van der Waals surface area contributed by atoms with Crippen LogP contribution in [0.5, 0.6) is 0 Å². The van der Waals surface area contributed by atoms with Gasteiger partial charge in [0.2, 0.25) is 5.91 Å². The van der Waals surface area contributed by atoms with Crippen molar-refractivity contribution in [1.29, 1.82) is 0 Å². The maximum atomic E-state index is 13.3. The number of aliphatic hydroxyl groups is 1. The first-order valence-corrected chi connectivity index (χ1v) is 11.0. The summed E-state index contributed by atoms with van der Waals surface area (Å²) in [6, 6.07) is 8.24. The Morgan fingerprint density at radius 3 is 2.84 bits per heavy atom. The Balaban J connectivity index is 1.34. The van der Waals surface area contributed by atoms with Gasteiger partial charge in [0.15, 0.2) is 0 Å². The second-order valence-electron chi connectivity index (χ2n) is 8.37. The van der Waals surface area contributed by atoms with Crippen molar-refractivity contribution in [2.45, 2.75) is 56.7 Å². The number of carbonyl (C=O) groups is 1. The molecule has 0 spiro atoms. The molecule has 2 fully saturated rings. The minimum absolute atomic E-state index is 0.0512. The molecular formula is C23H29FN4O4. The van der Waals surface area contributed by atoms with Crippen LogP contribution in [0, 0.1) is 5.82 Å². The normalized spacial score (nSPS) is 26.6. The van der Waals surface area contributed by atoms with Gasteiger partial charge >= 0.3 is 0 Å². The maximum absolute atomic E-state index is 13.3. The lowest BCUT2D eigenvalue weighted by atomic mass is 9.94. The number of β-amino-alcohol motifs (C(OH)–C–C–N with tert-alkyl or cyclic N) is 1. The molecule has 2 aromatic rings. The lowest BCUT2D eigenvalue weighted by Crippen LogP contribution is -2.55. The average molecular weight is 445 g/mol. The number of ether oxygens (including phenoxy) is 2. The molecule has 0 bridgehead atoms. The van der Waals surface area contributed by atoms with Crippen LogP contribution in [0.15, 0.2) is 42.9 Å². The number of aliphatic hydroxyl groups excluding tert-OH is 1. The Morgan fingerprint density at radius 2 is 2.06 bits per heavy atom. The number of carbonyl (C=O) groups excluding carboxylic acids is 1. The summed E-state index contributed by atoms with van der Waals surface area (Å²) in [6.07, 6.45) is 3.94. The van der Waals surface area contributed by atoms with Gasteiger partial charge in [0, 0.05) is 25.3 Å². The highest BCUT2D eigenvalue weighted by Crippen LogP contribution is 2.28. The molecule has 32 heavy (non-hydrogen) atoms. The molecule has 2 saturated heterocycles. The summed E-state index contributed by atoms with van der Waals surface area (Å²) in [5.41, 5.74) is 1.73. The predicted octanol–water partition coefficient (Wildman–Crippen LogP) is 1.43. The monoisotopic (exact) mass is 444 g/mol. The minimum atomic E-state index is -0.596. The fraction of sp³-hybridized carbons (Fsp3) is 0.522. The van der Waals surface area contributed by atoms with Gasteiger partial charge in [-0.1, -0.05) is 12.1 Å². The highest BCUT2D eigenvalue weighted by Gasteiger charge is 2.38. The Hall–Kier alpha value is -2.46. The highest BCUT2D eigenvalue weighted by molar-refractivity contribution is 5.76. The van der Waals surface area contributed by atoms with E-state index < -0.39 is 6.10 Å². The van der Waals surface area contributed by atoms with Crippen molar-refractivity contribution in [2.75, 3.05) is 19.8 Å². The summed E-state index contributed by atoms with van der Waals surface area (Å²) >= 11 is 0. The smallest absolute Gasteiger partial charge is 0.222 e. The molecule has 2 N–H and O–H groups in total. The number of hydrogen-bond donors (Lipinski definition) is 2. The van der Waals surface area contributed by atoms with Crippen molar-refractivity contribution in [3.8, 4) is 0 Å². The molecule has 0 radical (unpaired) electrons. The predicted molar refractivity (Wildman–Crippen MR) is 114 cm³/mol. The molecule has 2 aliphatic rings. The minimum Gasteiger partial charge on any atom is -0.389 e. The number of nitrogens with zero attached hydrogens (tertiary/aromatic N) is 3. The molecule has 9 heteroatoms. The molecule has 4 rings (SSSR count). The standard InChI is InChI=1S/C23H29FN4O4/c24-17-3-1-16(2-4-17)11-28-12-19(29)13-31-14-22-21(28)6-5-20(32-22)9-23(30)26-10-18-7-8-25-15-27-18/h1-4,7-8,15,19-22,29H,5-6,9-14H2,(H,26,30)/t19-,20+,21+,22-/m0/s1. The van der Waals surface area contributed by atoms with Gasteiger partial charge in [-0.05, 0) is 36.6 Å². The Kier molecular flexibility index (Phi) is 7.75. The molecule has 4 atom stereocenters.